The van der Waals surface area contributed by atoms with Crippen molar-refractivity contribution in [3.05, 3.63) is 211 Å². The van der Waals surface area contributed by atoms with Crippen LogP contribution < -0.4 is 0 Å². The molecule has 4 nitrogen and oxygen atoms in total. The van der Waals surface area contributed by atoms with Gasteiger partial charge in [0.05, 0.1) is 22.4 Å². The van der Waals surface area contributed by atoms with E-state index in [4.69, 9.17) is 14.4 Å². The Hall–Kier alpha value is -7.86. The molecule has 8 aromatic carbocycles. The van der Waals surface area contributed by atoms with Gasteiger partial charge in [-0.05, 0) is 83.5 Å². The Bertz CT molecular complexity index is 3980. The Balaban J connectivity index is 0.00000145. The van der Waals surface area contributed by atoms with E-state index in [9.17, 15) is 0 Å². The first kappa shape index (κ1) is 39.5. The van der Waals surface area contributed by atoms with Crippen molar-refractivity contribution < 1.29 is 4.42 Å². The van der Waals surface area contributed by atoms with E-state index in [-0.39, 0.29) is 0 Å². The van der Waals surface area contributed by atoms with Gasteiger partial charge in [0.15, 0.2) is 5.82 Å². The molecule has 4 aromatic heterocycles. The van der Waals surface area contributed by atoms with Gasteiger partial charge in [-0.2, -0.15) is 0 Å². The van der Waals surface area contributed by atoms with Crippen LogP contribution in [0.1, 0.15) is 37.8 Å². The minimum atomic E-state index is 0.503. The molecule has 2 aliphatic carbocycles. The minimum Gasteiger partial charge on any atom is -0.456 e. The average Bonchev–Trinajstić information content (AvgIpc) is 3.76. The first-order valence-electron chi connectivity index (χ1n) is 23.5. The maximum absolute atomic E-state index is 6.34. The second kappa shape index (κ2) is 15.9. The van der Waals surface area contributed by atoms with Crippen molar-refractivity contribution in [3.8, 4) is 39.6 Å². The van der Waals surface area contributed by atoms with Crippen LogP contribution in [0.4, 0.5) is 0 Å². The number of fused-ring (bicyclic) bond motifs is 10. The summed E-state index contributed by atoms with van der Waals surface area (Å²) >= 11 is 1.91. The molecule has 2 unspecified atom stereocenters. The van der Waals surface area contributed by atoms with Crippen LogP contribution in [-0.4, -0.2) is 14.5 Å². The maximum Gasteiger partial charge on any atom is 0.160 e. The highest BCUT2D eigenvalue weighted by molar-refractivity contribution is 7.26. The highest BCUT2D eigenvalue weighted by Crippen LogP contribution is 2.56. The summed E-state index contributed by atoms with van der Waals surface area (Å²) in [5, 5.41) is 7.39. The van der Waals surface area contributed by atoms with E-state index in [1.54, 1.807) is 0 Å². The van der Waals surface area contributed by atoms with Crippen LogP contribution in [0, 0.1) is 11.8 Å². The van der Waals surface area contributed by atoms with Crippen molar-refractivity contribution in [3.63, 3.8) is 0 Å². The summed E-state index contributed by atoms with van der Waals surface area (Å²) < 4.78 is 11.5. The number of hydrogen-bond donors (Lipinski definition) is 0. The van der Waals surface area contributed by atoms with Gasteiger partial charge in [-0.25, -0.2) is 9.97 Å². The van der Waals surface area contributed by atoms with Crippen LogP contribution in [0.5, 0.6) is 0 Å². The lowest BCUT2D eigenvalue weighted by atomic mass is 9.89. The molecule has 0 amide bonds. The number of thiophene rings is 1. The van der Waals surface area contributed by atoms with Gasteiger partial charge in [0.2, 0.25) is 0 Å². The fourth-order valence-corrected chi connectivity index (χ4v) is 11.6. The number of hydrogen-bond acceptors (Lipinski definition) is 4. The molecular weight excluding hydrogens is 835 g/mol. The minimum absolute atomic E-state index is 0.503. The second-order valence-electron chi connectivity index (χ2n) is 18.0. The first-order chi connectivity index (χ1) is 33.1. The Morgan fingerprint density at radius 3 is 2.06 bits per heavy atom. The molecule has 0 radical (unpaired) electrons. The van der Waals surface area contributed by atoms with Crippen molar-refractivity contribution >= 4 is 86.4 Å². The summed E-state index contributed by atoms with van der Waals surface area (Å²) in [6.45, 7) is 4.25. The van der Waals surface area contributed by atoms with Crippen LogP contribution in [0.2, 0.25) is 0 Å². The molecule has 1 saturated carbocycles. The van der Waals surface area contributed by atoms with Gasteiger partial charge in [-0.1, -0.05) is 172 Å². The van der Waals surface area contributed by atoms with E-state index < -0.39 is 0 Å². The quantitative estimate of drug-likeness (QED) is 0.167. The lowest BCUT2D eigenvalue weighted by Gasteiger charge is -2.18. The molecular formula is C62H45N3OS. The van der Waals surface area contributed by atoms with Crippen molar-refractivity contribution in [1.29, 1.82) is 0 Å². The van der Waals surface area contributed by atoms with Gasteiger partial charge in [0, 0.05) is 69.7 Å². The van der Waals surface area contributed by atoms with E-state index in [0.717, 1.165) is 55.7 Å². The average molecular weight is 880 g/mol. The van der Waals surface area contributed by atoms with Crippen LogP contribution in [0.3, 0.4) is 0 Å². The normalized spacial score (nSPS) is 15.5. The van der Waals surface area contributed by atoms with Crippen molar-refractivity contribution in [2.24, 2.45) is 11.8 Å². The zero-order valence-electron chi connectivity index (χ0n) is 37.3. The number of aromatic nitrogens is 3. The Kier molecular flexibility index (Phi) is 9.40. The van der Waals surface area contributed by atoms with Crippen molar-refractivity contribution in [2.75, 3.05) is 0 Å². The van der Waals surface area contributed by atoms with E-state index in [0.29, 0.717) is 17.7 Å². The summed E-state index contributed by atoms with van der Waals surface area (Å²) in [6.07, 6.45) is 7.48. The number of furan rings is 1. The van der Waals surface area contributed by atoms with E-state index in [1.807, 2.05) is 41.7 Å². The van der Waals surface area contributed by atoms with Crippen molar-refractivity contribution in [2.45, 2.75) is 26.7 Å². The van der Waals surface area contributed by atoms with Gasteiger partial charge in [0.1, 0.15) is 11.2 Å². The number of allylic oxidation sites excluding steroid dienone is 4. The molecule has 4 heterocycles. The third-order valence-corrected chi connectivity index (χ3v) is 14.7. The predicted molar refractivity (Wildman–Crippen MR) is 283 cm³/mol. The van der Waals surface area contributed by atoms with E-state index >= 15 is 0 Å². The molecule has 2 atom stereocenters. The summed E-state index contributed by atoms with van der Waals surface area (Å²) in [5.74, 6) is 1.72. The Labute approximate surface area is 392 Å². The van der Waals surface area contributed by atoms with Gasteiger partial charge in [0.25, 0.3) is 0 Å². The number of benzene rings is 8. The number of nitrogens with zero attached hydrogens (tertiary/aromatic N) is 3. The van der Waals surface area contributed by atoms with Gasteiger partial charge >= 0.3 is 0 Å². The lowest BCUT2D eigenvalue weighted by Crippen LogP contribution is -2.01. The molecule has 0 bridgehead atoms. The predicted octanol–water partition coefficient (Wildman–Crippen LogP) is 17.4. The fourth-order valence-electron chi connectivity index (χ4n) is 10.4. The third kappa shape index (κ3) is 6.64. The zero-order chi connectivity index (χ0) is 44.6. The Morgan fingerprint density at radius 2 is 1.21 bits per heavy atom. The zero-order valence-corrected chi connectivity index (χ0v) is 38.1. The number of para-hydroxylation sites is 3. The molecule has 2 aliphatic rings. The largest absolute Gasteiger partial charge is 0.456 e. The topological polar surface area (TPSA) is 43.9 Å². The van der Waals surface area contributed by atoms with Gasteiger partial charge in [-0.3, -0.25) is 0 Å². The maximum atomic E-state index is 6.34. The molecule has 67 heavy (non-hydrogen) atoms. The summed E-state index contributed by atoms with van der Waals surface area (Å²) in [6, 6.07) is 67.3. The van der Waals surface area contributed by atoms with E-state index in [1.165, 1.54) is 77.1 Å². The fraction of sp³-hybridized carbons (Fsp3) is 0.0968. The smallest absolute Gasteiger partial charge is 0.160 e. The molecule has 14 rings (SSSR count). The van der Waals surface area contributed by atoms with Gasteiger partial charge in [-0.15, -0.1) is 11.3 Å². The van der Waals surface area contributed by atoms with Crippen molar-refractivity contribution in [1.82, 2.24) is 14.5 Å². The summed E-state index contributed by atoms with van der Waals surface area (Å²) in [7, 11) is 0. The number of rotatable bonds is 6. The van der Waals surface area contributed by atoms with Gasteiger partial charge < -0.3 is 8.98 Å². The Morgan fingerprint density at radius 1 is 0.552 bits per heavy atom. The van der Waals surface area contributed by atoms with Crippen LogP contribution >= 0.6 is 11.3 Å². The molecule has 12 aromatic rings. The lowest BCUT2D eigenvalue weighted by molar-refractivity contribution is 0.669. The highest BCUT2D eigenvalue weighted by atomic mass is 32.1. The molecule has 0 N–H and O–H groups in total. The molecule has 320 valence electrons. The van der Waals surface area contributed by atoms with Crippen LogP contribution in [0.15, 0.2) is 205 Å². The summed E-state index contributed by atoms with van der Waals surface area (Å²) in [5.41, 5.74) is 15.3. The molecule has 0 spiro atoms. The molecule has 5 heteroatoms. The molecule has 0 saturated heterocycles. The highest BCUT2D eigenvalue weighted by Gasteiger charge is 2.42. The summed E-state index contributed by atoms with van der Waals surface area (Å²) in [4.78, 5) is 10.4. The standard InChI is InChI=1S/C59H37N3OS.C3H8/c1-2-13-35(14-3-1)59-60-51(34-52(61-59)37-27-28-44-43-18-5-8-25-54(43)63-55(44)33-37)36-15-10-16-40(30-36)62-53-24-7-4-17-42(53)46-21-12-22-47(57(46)62)50-32-38(29-39-31-49(39)50)41-20-11-23-48-45-19-6-9-26-56(45)64-58(41)48;1-3-2/h1-30,32-34,39,49H,31H2;3H2,1-2H3. The van der Waals surface area contributed by atoms with E-state index in [2.05, 4.69) is 188 Å². The second-order valence-corrected chi connectivity index (χ2v) is 19.0. The van der Waals surface area contributed by atoms with Crippen LogP contribution in [-0.2, 0) is 0 Å². The third-order valence-electron chi connectivity index (χ3n) is 13.5. The molecule has 1 fully saturated rings. The van der Waals surface area contributed by atoms with Crippen LogP contribution in [0.25, 0.3) is 115 Å². The SMILES string of the molecule is C1=C(c2cccc3c2sc2ccccc23)C=C(c2cccc3c4ccccc4n(-c4cccc(-c5cc(-c6ccc7c(c6)oc6ccccc67)nc(-c6ccccc6)n5)c4)c23)C2CC12.CCC. The monoisotopic (exact) mass is 879 g/mol. The molecule has 0 aliphatic heterocycles. The first-order valence-corrected chi connectivity index (χ1v) is 24.3.